The van der Waals surface area contributed by atoms with Gasteiger partial charge in [0.2, 0.25) is 0 Å². The summed E-state index contributed by atoms with van der Waals surface area (Å²) >= 11 is 0. The summed E-state index contributed by atoms with van der Waals surface area (Å²) in [5, 5.41) is 8.96. The quantitative estimate of drug-likeness (QED) is 0.658. The highest BCUT2D eigenvalue weighted by atomic mass is 32.2. The molecule has 0 aromatic heterocycles. The second kappa shape index (κ2) is 5.95. The summed E-state index contributed by atoms with van der Waals surface area (Å²) < 4.78 is 28.1. The van der Waals surface area contributed by atoms with E-state index in [1.807, 2.05) is 13.8 Å². The van der Waals surface area contributed by atoms with Gasteiger partial charge in [-0.25, -0.2) is 0 Å². The monoisotopic (exact) mass is 250 g/mol. The second-order valence-corrected chi connectivity index (χ2v) is 5.86. The van der Waals surface area contributed by atoms with Crippen molar-refractivity contribution in [2.45, 2.75) is 51.6 Å². The summed E-state index contributed by atoms with van der Waals surface area (Å²) in [6, 6.07) is 0.0870. The van der Waals surface area contributed by atoms with E-state index in [4.69, 9.17) is 5.11 Å². The molecular weight excluding hydrogens is 228 g/mol. The normalized spacial score (nSPS) is 17.3. The predicted molar refractivity (Wildman–Crippen MR) is 63.2 cm³/mol. The fraction of sp³-hybridized carbons (Fsp3) is 1.00. The highest BCUT2D eigenvalue weighted by Crippen LogP contribution is 2.22. The SMILES string of the molecule is CCC(CC)N(CCO)S(=O)(=O)NC1CC1. The molecule has 5 nitrogen and oxygen atoms in total. The largest absolute Gasteiger partial charge is 0.395 e. The molecule has 0 unspecified atom stereocenters. The number of rotatable bonds is 8. The molecule has 0 bridgehead atoms. The zero-order valence-corrected chi connectivity index (χ0v) is 10.8. The maximum Gasteiger partial charge on any atom is 0.280 e. The molecule has 0 atom stereocenters. The molecule has 2 N–H and O–H groups in total. The van der Waals surface area contributed by atoms with Gasteiger partial charge < -0.3 is 5.11 Å². The van der Waals surface area contributed by atoms with Crippen molar-refractivity contribution in [1.82, 2.24) is 9.03 Å². The van der Waals surface area contributed by atoms with Gasteiger partial charge in [0.15, 0.2) is 0 Å². The number of nitrogens with one attached hydrogen (secondary N) is 1. The number of hydrogen-bond acceptors (Lipinski definition) is 3. The van der Waals surface area contributed by atoms with Gasteiger partial charge in [0.05, 0.1) is 6.61 Å². The molecule has 0 aliphatic heterocycles. The lowest BCUT2D eigenvalue weighted by molar-refractivity contribution is 0.218. The fourth-order valence-corrected chi connectivity index (χ4v) is 3.58. The van der Waals surface area contributed by atoms with Gasteiger partial charge in [-0.05, 0) is 25.7 Å². The van der Waals surface area contributed by atoms with Crippen LogP contribution in [0.15, 0.2) is 0 Å². The molecule has 1 fully saturated rings. The highest BCUT2D eigenvalue weighted by Gasteiger charge is 2.33. The van der Waals surface area contributed by atoms with E-state index in [1.54, 1.807) is 0 Å². The summed E-state index contributed by atoms with van der Waals surface area (Å²) in [6.07, 6.45) is 3.38. The molecule has 0 amide bonds. The van der Waals surface area contributed by atoms with Gasteiger partial charge in [-0.2, -0.15) is 17.4 Å². The highest BCUT2D eigenvalue weighted by molar-refractivity contribution is 7.87. The molecule has 0 heterocycles. The van der Waals surface area contributed by atoms with Crippen LogP contribution in [-0.2, 0) is 10.2 Å². The first-order valence-corrected chi connectivity index (χ1v) is 7.39. The van der Waals surface area contributed by atoms with E-state index < -0.39 is 10.2 Å². The summed E-state index contributed by atoms with van der Waals surface area (Å²) in [4.78, 5) is 0. The van der Waals surface area contributed by atoms with E-state index in [0.717, 1.165) is 25.7 Å². The van der Waals surface area contributed by atoms with Crippen LogP contribution in [0.5, 0.6) is 0 Å². The molecule has 6 heteroatoms. The Bertz CT molecular complexity index is 297. The molecule has 0 aromatic carbocycles. The van der Waals surface area contributed by atoms with Gasteiger partial charge in [-0.1, -0.05) is 13.8 Å². The van der Waals surface area contributed by atoms with E-state index in [0.29, 0.717) is 0 Å². The van der Waals surface area contributed by atoms with E-state index in [1.165, 1.54) is 4.31 Å². The first-order chi connectivity index (χ1) is 7.55. The fourth-order valence-electron chi connectivity index (χ4n) is 1.77. The van der Waals surface area contributed by atoms with Crippen LogP contribution in [0.2, 0.25) is 0 Å². The van der Waals surface area contributed by atoms with Gasteiger partial charge in [-0.15, -0.1) is 0 Å². The average molecular weight is 250 g/mol. The number of aliphatic hydroxyl groups is 1. The standard InChI is InChI=1S/C10H22N2O3S/c1-3-10(4-2)12(7-8-13)16(14,15)11-9-5-6-9/h9-11,13H,3-8H2,1-2H3. The predicted octanol–water partition coefficient (Wildman–Crippen LogP) is 0.466. The topological polar surface area (TPSA) is 69.6 Å². The molecule has 1 rings (SSSR count). The summed E-state index contributed by atoms with van der Waals surface area (Å²) in [5.74, 6) is 0. The van der Waals surface area contributed by atoms with Gasteiger partial charge in [0.1, 0.15) is 0 Å². The van der Waals surface area contributed by atoms with Crippen molar-refractivity contribution in [3.63, 3.8) is 0 Å². The minimum absolute atomic E-state index is 0.0246. The molecule has 0 radical (unpaired) electrons. The molecule has 96 valence electrons. The van der Waals surface area contributed by atoms with Crippen molar-refractivity contribution in [3.8, 4) is 0 Å². The third-order valence-corrected chi connectivity index (χ3v) is 4.60. The lowest BCUT2D eigenvalue weighted by Crippen LogP contribution is -2.48. The number of nitrogens with zero attached hydrogens (tertiary/aromatic N) is 1. The van der Waals surface area contributed by atoms with Crippen LogP contribution in [0, 0.1) is 0 Å². The van der Waals surface area contributed by atoms with Crippen LogP contribution < -0.4 is 4.72 Å². The zero-order chi connectivity index (χ0) is 12.2. The van der Waals surface area contributed by atoms with Crippen LogP contribution in [0.3, 0.4) is 0 Å². The molecule has 16 heavy (non-hydrogen) atoms. The minimum Gasteiger partial charge on any atom is -0.395 e. The Hall–Kier alpha value is -0.170. The van der Waals surface area contributed by atoms with Crippen molar-refractivity contribution in [2.75, 3.05) is 13.2 Å². The van der Waals surface area contributed by atoms with Crippen LogP contribution in [-0.4, -0.2) is 43.1 Å². The van der Waals surface area contributed by atoms with E-state index in [-0.39, 0.29) is 25.2 Å². The molecule has 1 aliphatic carbocycles. The summed E-state index contributed by atoms with van der Waals surface area (Å²) in [5.41, 5.74) is 0. The molecule has 1 saturated carbocycles. The lowest BCUT2D eigenvalue weighted by atomic mass is 10.2. The van der Waals surface area contributed by atoms with Crippen LogP contribution >= 0.6 is 0 Å². The van der Waals surface area contributed by atoms with E-state index in [9.17, 15) is 8.42 Å². The second-order valence-electron chi connectivity index (χ2n) is 4.20. The average Bonchev–Trinajstić information content (AvgIpc) is 3.01. The van der Waals surface area contributed by atoms with Crippen molar-refractivity contribution in [2.24, 2.45) is 0 Å². The van der Waals surface area contributed by atoms with E-state index >= 15 is 0 Å². The van der Waals surface area contributed by atoms with Crippen molar-refractivity contribution in [3.05, 3.63) is 0 Å². The van der Waals surface area contributed by atoms with Crippen LogP contribution in [0.4, 0.5) is 0 Å². The third kappa shape index (κ3) is 3.69. The summed E-state index contributed by atoms with van der Waals surface area (Å²) in [7, 11) is -3.42. The summed E-state index contributed by atoms with van der Waals surface area (Å²) in [6.45, 7) is 3.97. The first kappa shape index (κ1) is 13.9. The Kier molecular flexibility index (Phi) is 5.17. The Morgan fingerprint density at radius 1 is 1.38 bits per heavy atom. The van der Waals surface area contributed by atoms with Crippen LogP contribution in [0.25, 0.3) is 0 Å². The van der Waals surface area contributed by atoms with Crippen molar-refractivity contribution < 1.29 is 13.5 Å². The zero-order valence-electron chi connectivity index (χ0n) is 10.0. The molecule has 0 aromatic rings. The number of aliphatic hydroxyl groups excluding tert-OH is 1. The van der Waals surface area contributed by atoms with Crippen molar-refractivity contribution >= 4 is 10.2 Å². The smallest absolute Gasteiger partial charge is 0.280 e. The molecular formula is C10H22N2O3S. The number of hydrogen-bond donors (Lipinski definition) is 2. The van der Waals surface area contributed by atoms with Crippen LogP contribution in [0.1, 0.15) is 39.5 Å². The Balaban J connectivity index is 2.72. The Morgan fingerprint density at radius 3 is 2.31 bits per heavy atom. The van der Waals surface area contributed by atoms with E-state index in [2.05, 4.69) is 4.72 Å². The van der Waals surface area contributed by atoms with Gasteiger partial charge in [0.25, 0.3) is 10.2 Å². The van der Waals surface area contributed by atoms with Gasteiger partial charge >= 0.3 is 0 Å². The lowest BCUT2D eigenvalue weighted by Gasteiger charge is -2.28. The first-order valence-electron chi connectivity index (χ1n) is 5.95. The van der Waals surface area contributed by atoms with Gasteiger partial charge in [-0.3, -0.25) is 0 Å². The van der Waals surface area contributed by atoms with Crippen molar-refractivity contribution in [1.29, 1.82) is 0 Å². The maximum absolute atomic E-state index is 12.0. The molecule has 1 aliphatic rings. The third-order valence-electron chi connectivity index (χ3n) is 2.87. The molecule has 0 saturated heterocycles. The Labute approximate surface area is 98.0 Å². The molecule has 0 spiro atoms. The van der Waals surface area contributed by atoms with Gasteiger partial charge in [0, 0.05) is 18.6 Å². The Morgan fingerprint density at radius 2 is 1.94 bits per heavy atom. The minimum atomic E-state index is -3.42. The maximum atomic E-state index is 12.0.